The second kappa shape index (κ2) is 8.78. The molecule has 0 saturated heterocycles. The minimum Gasteiger partial charge on any atom is -0.504 e. The maximum atomic E-state index is 10.3. The SMILES string of the molecule is CC(C)NS(C)(=O)=O.CC(O)COc1ccccc1O. The van der Waals surface area contributed by atoms with Crippen molar-refractivity contribution in [2.45, 2.75) is 32.9 Å². The van der Waals surface area contributed by atoms with E-state index in [1.54, 1.807) is 39.0 Å². The van der Waals surface area contributed by atoms with Gasteiger partial charge in [0.1, 0.15) is 6.61 Å². The Kier molecular flexibility index (Phi) is 8.21. The number of ether oxygens (including phenoxy) is 1. The lowest BCUT2D eigenvalue weighted by atomic mass is 10.3. The van der Waals surface area contributed by atoms with Gasteiger partial charge >= 0.3 is 0 Å². The van der Waals surface area contributed by atoms with Gasteiger partial charge in [0, 0.05) is 6.04 Å². The number of sulfonamides is 1. The lowest BCUT2D eigenvalue weighted by Gasteiger charge is -2.08. The van der Waals surface area contributed by atoms with Gasteiger partial charge in [-0.15, -0.1) is 0 Å². The van der Waals surface area contributed by atoms with E-state index < -0.39 is 16.1 Å². The van der Waals surface area contributed by atoms with Crippen LogP contribution in [0.25, 0.3) is 0 Å². The van der Waals surface area contributed by atoms with E-state index in [1.807, 2.05) is 0 Å². The Balaban J connectivity index is 0.000000396. The Labute approximate surface area is 120 Å². The maximum absolute atomic E-state index is 10.3. The van der Waals surface area contributed by atoms with Gasteiger partial charge in [0.2, 0.25) is 10.0 Å². The van der Waals surface area contributed by atoms with Crippen LogP contribution in [0.15, 0.2) is 24.3 Å². The van der Waals surface area contributed by atoms with Crippen molar-refractivity contribution in [3.63, 3.8) is 0 Å². The van der Waals surface area contributed by atoms with Gasteiger partial charge in [-0.1, -0.05) is 12.1 Å². The van der Waals surface area contributed by atoms with Crippen LogP contribution < -0.4 is 9.46 Å². The third kappa shape index (κ3) is 10.6. The molecule has 0 fully saturated rings. The molecule has 1 aromatic carbocycles. The van der Waals surface area contributed by atoms with Gasteiger partial charge in [-0.3, -0.25) is 0 Å². The fraction of sp³-hybridized carbons (Fsp3) is 0.538. The summed E-state index contributed by atoms with van der Waals surface area (Å²) in [7, 11) is -2.97. The van der Waals surface area contributed by atoms with Gasteiger partial charge in [0.05, 0.1) is 12.4 Å². The highest BCUT2D eigenvalue weighted by Gasteiger charge is 2.02. The lowest BCUT2D eigenvalue weighted by Crippen LogP contribution is -2.28. The topological polar surface area (TPSA) is 95.9 Å². The molecule has 0 aromatic heterocycles. The van der Waals surface area contributed by atoms with E-state index in [4.69, 9.17) is 9.84 Å². The molecule has 1 rings (SSSR count). The molecule has 0 aliphatic rings. The molecule has 0 bridgehead atoms. The minimum atomic E-state index is -2.97. The maximum Gasteiger partial charge on any atom is 0.208 e. The number of nitrogens with one attached hydrogen (secondary N) is 1. The summed E-state index contributed by atoms with van der Waals surface area (Å²) in [6.45, 7) is 5.37. The molecule has 0 aliphatic carbocycles. The van der Waals surface area contributed by atoms with Crippen molar-refractivity contribution in [1.82, 2.24) is 4.72 Å². The summed E-state index contributed by atoms with van der Waals surface area (Å²) in [5.41, 5.74) is 0. The second-order valence-corrected chi connectivity index (χ2v) is 6.45. The standard InChI is InChI=1S/C9H12O3.C4H11NO2S/c1-7(10)6-12-9-5-3-2-4-8(9)11;1-4(2)5-8(3,6)7/h2-5,7,10-11H,6H2,1H3;4-5H,1-3H3. The van der Waals surface area contributed by atoms with Gasteiger partial charge in [0.25, 0.3) is 0 Å². The number of rotatable bonds is 5. The first-order valence-electron chi connectivity index (χ1n) is 6.18. The van der Waals surface area contributed by atoms with Crippen LogP contribution in [-0.2, 0) is 10.0 Å². The quantitative estimate of drug-likeness (QED) is 0.757. The molecule has 1 atom stereocenters. The summed E-state index contributed by atoms with van der Waals surface area (Å²) < 4.78 is 28.1. The zero-order valence-corrected chi connectivity index (χ0v) is 13.0. The first-order valence-corrected chi connectivity index (χ1v) is 8.07. The molecule has 7 heteroatoms. The van der Waals surface area contributed by atoms with Gasteiger partial charge in [-0.05, 0) is 32.9 Å². The molecule has 1 aromatic rings. The predicted octanol–water partition coefficient (Wildman–Crippen LogP) is 1.10. The molecule has 0 radical (unpaired) electrons. The number of hydrogen-bond acceptors (Lipinski definition) is 5. The number of benzene rings is 1. The van der Waals surface area contributed by atoms with E-state index in [0.29, 0.717) is 5.75 Å². The van der Waals surface area contributed by atoms with E-state index in [0.717, 1.165) is 6.26 Å². The summed E-state index contributed by atoms with van der Waals surface area (Å²) >= 11 is 0. The highest BCUT2D eigenvalue weighted by Crippen LogP contribution is 2.24. The van der Waals surface area contributed by atoms with E-state index in [9.17, 15) is 13.5 Å². The number of para-hydroxylation sites is 2. The molecule has 3 N–H and O–H groups in total. The van der Waals surface area contributed by atoms with E-state index in [-0.39, 0.29) is 18.4 Å². The van der Waals surface area contributed by atoms with Crippen molar-refractivity contribution in [3.05, 3.63) is 24.3 Å². The molecule has 0 amide bonds. The van der Waals surface area contributed by atoms with Crippen molar-refractivity contribution in [2.24, 2.45) is 0 Å². The predicted molar refractivity (Wildman–Crippen MR) is 78.4 cm³/mol. The molecule has 116 valence electrons. The number of phenolic OH excluding ortho intramolecular Hbond substituents is 1. The van der Waals surface area contributed by atoms with Gasteiger partial charge < -0.3 is 14.9 Å². The molecule has 0 aliphatic heterocycles. The zero-order chi connectivity index (χ0) is 15.8. The highest BCUT2D eigenvalue weighted by molar-refractivity contribution is 7.88. The fourth-order valence-electron chi connectivity index (χ4n) is 1.22. The summed E-state index contributed by atoms with van der Waals surface area (Å²) in [5.74, 6) is 0.497. The van der Waals surface area contributed by atoms with Gasteiger partial charge in [-0.25, -0.2) is 13.1 Å². The number of aliphatic hydroxyl groups excluding tert-OH is 1. The molecule has 1 unspecified atom stereocenters. The first-order chi connectivity index (χ1) is 9.11. The van der Waals surface area contributed by atoms with Gasteiger partial charge in [-0.2, -0.15) is 0 Å². The molecular formula is C13H23NO5S. The van der Waals surface area contributed by atoms with Crippen molar-refractivity contribution in [3.8, 4) is 11.5 Å². The Hall–Kier alpha value is -1.31. The summed E-state index contributed by atoms with van der Waals surface area (Å²) in [5, 5.41) is 18.1. The Bertz CT molecular complexity index is 485. The monoisotopic (exact) mass is 305 g/mol. The van der Waals surface area contributed by atoms with Crippen LogP contribution in [0, 0.1) is 0 Å². The third-order valence-electron chi connectivity index (χ3n) is 1.80. The number of phenols is 1. The van der Waals surface area contributed by atoms with Crippen molar-refractivity contribution >= 4 is 10.0 Å². The molecule has 20 heavy (non-hydrogen) atoms. The summed E-state index contributed by atoms with van der Waals surface area (Å²) in [6, 6.07) is 6.67. The molecule has 0 heterocycles. The average Bonchev–Trinajstić information content (AvgIpc) is 2.25. The lowest BCUT2D eigenvalue weighted by molar-refractivity contribution is 0.121. The van der Waals surface area contributed by atoms with Gasteiger partial charge in [0.15, 0.2) is 11.5 Å². The van der Waals surface area contributed by atoms with E-state index >= 15 is 0 Å². The number of hydrogen-bond donors (Lipinski definition) is 3. The first kappa shape index (κ1) is 18.7. The van der Waals surface area contributed by atoms with Crippen LogP contribution in [0.3, 0.4) is 0 Å². The van der Waals surface area contributed by atoms with Crippen molar-refractivity contribution in [1.29, 1.82) is 0 Å². The van der Waals surface area contributed by atoms with Crippen molar-refractivity contribution < 1.29 is 23.4 Å². The van der Waals surface area contributed by atoms with Crippen LogP contribution in [0.1, 0.15) is 20.8 Å². The Morgan fingerprint density at radius 2 is 1.80 bits per heavy atom. The zero-order valence-electron chi connectivity index (χ0n) is 12.2. The van der Waals surface area contributed by atoms with Crippen LogP contribution in [0.4, 0.5) is 0 Å². The van der Waals surface area contributed by atoms with Crippen LogP contribution in [0.2, 0.25) is 0 Å². The van der Waals surface area contributed by atoms with E-state index in [1.165, 1.54) is 6.07 Å². The Morgan fingerprint density at radius 3 is 2.15 bits per heavy atom. The average molecular weight is 305 g/mol. The second-order valence-electron chi connectivity index (χ2n) is 4.67. The molecular weight excluding hydrogens is 282 g/mol. The fourth-order valence-corrected chi connectivity index (χ4v) is 2.07. The summed E-state index contributed by atoms with van der Waals surface area (Å²) in [6.07, 6.45) is 0.622. The van der Waals surface area contributed by atoms with Crippen molar-refractivity contribution in [2.75, 3.05) is 12.9 Å². The summed E-state index contributed by atoms with van der Waals surface area (Å²) in [4.78, 5) is 0. The normalized spacial score (nSPS) is 12.5. The smallest absolute Gasteiger partial charge is 0.208 e. The van der Waals surface area contributed by atoms with Crippen LogP contribution in [0.5, 0.6) is 11.5 Å². The highest BCUT2D eigenvalue weighted by atomic mass is 32.2. The van der Waals surface area contributed by atoms with Crippen LogP contribution >= 0.6 is 0 Å². The number of aliphatic hydroxyl groups is 1. The minimum absolute atomic E-state index is 0.00463. The molecule has 6 nitrogen and oxygen atoms in total. The molecule has 0 saturated carbocycles. The molecule has 0 spiro atoms. The largest absolute Gasteiger partial charge is 0.504 e. The number of aromatic hydroxyl groups is 1. The third-order valence-corrected chi connectivity index (χ3v) is 2.69. The van der Waals surface area contributed by atoms with E-state index in [2.05, 4.69) is 4.72 Å². The van der Waals surface area contributed by atoms with Crippen LogP contribution in [-0.4, -0.2) is 43.6 Å². The Morgan fingerprint density at radius 1 is 1.25 bits per heavy atom.